The number of epoxide rings is 1. The predicted molar refractivity (Wildman–Crippen MR) is 137 cm³/mol. The third-order valence-electron chi connectivity index (χ3n) is 12.1. The summed E-state index contributed by atoms with van der Waals surface area (Å²) in [4.78, 5) is 13.4. The number of hydrogen-bond donors (Lipinski definition) is 4. The SMILES string of the molecule is CCC[C@@](O)([C@H]1CC[C@@]2(O)C3=CC(=O)[C@@H]4C[C@@H](O)CC[C@]4(C)[C@H]3CC[C@]12C)[C@H]1O[C@@H]1[C@](C)(O)C(C)C. The van der Waals surface area contributed by atoms with Gasteiger partial charge < -0.3 is 25.2 Å². The van der Waals surface area contributed by atoms with Crippen LogP contribution in [0.25, 0.3) is 0 Å². The van der Waals surface area contributed by atoms with E-state index in [-0.39, 0.29) is 34.9 Å². The van der Waals surface area contributed by atoms with Gasteiger partial charge in [0.1, 0.15) is 12.2 Å². The molecule has 204 valence electrons. The van der Waals surface area contributed by atoms with Gasteiger partial charge in [0.05, 0.1) is 22.9 Å². The molecule has 1 saturated heterocycles. The molecule has 0 unspecified atom stereocenters. The molecule has 0 radical (unpaired) electrons. The monoisotopic (exact) mass is 504 g/mol. The quantitative estimate of drug-likeness (QED) is 0.408. The molecule has 4 fully saturated rings. The molecule has 5 aliphatic rings. The van der Waals surface area contributed by atoms with Gasteiger partial charge in [-0.25, -0.2) is 0 Å². The van der Waals surface area contributed by atoms with Crippen LogP contribution in [-0.4, -0.2) is 61.3 Å². The molecule has 4 N–H and O–H groups in total. The highest BCUT2D eigenvalue weighted by Gasteiger charge is 2.72. The molecule has 4 aliphatic carbocycles. The highest BCUT2D eigenvalue weighted by atomic mass is 16.6. The molecule has 11 atom stereocenters. The zero-order valence-corrected chi connectivity index (χ0v) is 23.1. The lowest BCUT2D eigenvalue weighted by Gasteiger charge is -2.60. The largest absolute Gasteiger partial charge is 0.393 e. The number of allylic oxidation sites excluding steroid dienone is 1. The molecule has 1 heterocycles. The molecular formula is C30H48O6. The Hall–Kier alpha value is -0.790. The van der Waals surface area contributed by atoms with Crippen molar-refractivity contribution >= 4 is 5.78 Å². The molecule has 0 amide bonds. The van der Waals surface area contributed by atoms with Gasteiger partial charge in [-0.15, -0.1) is 0 Å². The molecule has 0 bridgehead atoms. The number of carbonyl (C=O) groups excluding carboxylic acids is 1. The van der Waals surface area contributed by atoms with Gasteiger partial charge in [-0.3, -0.25) is 4.79 Å². The summed E-state index contributed by atoms with van der Waals surface area (Å²) >= 11 is 0. The first-order valence-corrected chi connectivity index (χ1v) is 14.4. The summed E-state index contributed by atoms with van der Waals surface area (Å²) in [5.74, 6) is -0.216. The van der Waals surface area contributed by atoms with Gasteiger partial charge in [-0.1, -0.05) is 41.0 Å². The number of carbonyl (C=O) groups is 1. The minimum Gasteiger partial charge on any atom is -0.393 e. The normalized spacial score (nSPS) is 49.4. The van der Waals surface area contributed by atoms with E-state index in [2.05, 4.69) is 20.8 Å². The number of rotatable bonds is 6. The lowest BCUT2D eigenvalue weighted by molar-refractivity contribution is -0.157. The molecular weight excluding hydrogens is 456 g/mol. The maximum atomic E-state index is 13.4. The Kier molecular flexibility index (Phi) is 6.22. The van der Waals surface area contributed by atoms with Crippen LogP contribution in [0.3, 0.4) is 0 Å². The summed E-state index contributed by atoms with van der Waals surface area (Å²) < 4.78 is 6.08. The fourth-order valence-corrected chi connectivity index (χ4v) is 9.30. The molecule has 0 spiro atoms. The average molecular weight is 505 g/mol. The van der Waals surface area contributed by atoms with Crippen molar-refractivity contribution in [2.75, 3.05) is 0 Å². The van der Waals surface area contributed by atoms with Crippen molar-refractivity contribution in [3.8, 4) is 0 Å². The molecule has 0 aromatic heterocycles. The average Bonchev–Trinajstić information content (AvgIpc) is 3.56. The number of ketones is 1. The first-order valence-electron chi connectivity index (χ1n) is 14.4. The standard InChI is InChI=1S/C30H48O6/c1-7-11-29(34,25-24(36-25)28(6,33)17(2)3)23-10-14-30(35)20-16-22(32)21-15-18(31)8-12-26(21,4)19(20)9-13-27(23,30)5/h16-19,21,23-25,31,33-35H,7-15H2,1-6H3/t18-,19-,21-,23-,24-,25-,26+,27+,28+,29+,30+/m0/s1. The van der Waals surface area contributed by atoms with Crippen molar-refractivity contribution < 1.29 is 30.0 Å². The Morgan fingerprint density at radius 3 is 2.42 bits per heavy atom. The number of ether oxygens (including phenoxy) is 1. The van der Waals surface area contributed by atoms with Gasteiger partial charge in [-0.2, -0.15) is 0 Å². The van der Waals surface area contributed by atoms with Crippen molar-refractivity contribution in [1.82, 2.24) is 0 Å². The predicted octanol–water partition coefficient (Wildman–Crippen LogP) is 3.93. The van der Waals surface area contributed by atoms with Crippen LogP contribution in [-0.2, 0) is 9.53 Å². The molecule has 3 saturated carbocycles. The molecule has 0 aromatic rings. The zero-order chi connectivity index (χ0) is 26.5. The van der Waals surface area contributed by atoms with Gasteiger partial charge in [0.2, 0.25) is 0 Å². The Bertz CT molecular complexity index is 942. The maximum Gasteiger partial charge on any atom is 0.159 e. The van der Waals surface area contributed by atoms with Crippen molar-refractivity contribution in [2.45, 2.75) is 134 Å². The second kappa shape index (κ2) is 8.35. The van der Waals surface area contributed by atoms with E-state index in [1.54, 1.807) is 13.0 Å². The van der Waals surface area contributed by atoms with Crippen LogP contribution >= 0.6 is 0 Å². The fraction of sp³-hybridized carbons (Fsp3) is 0.900. The van der Waals surface area contributed by atoms with Crippen LogP contribution in [0.4, 0.5) is 0 Å². The zero-order valence-electron chi connectivity index (χ0n) is 23.1. The molecule has 6 heteroatoms. The van der Waals surface area contributed by atoms with Crippen molar-refractivity contribution in [3.05, 3.63) is 11.6 Å². The minimum absolute atomic E-state index is 0.00831. The maximum absolute atomic E-state index is 13.4. The summed E-state index contributed by atoms with van der Waals surface area (Å²) in [6.07, 6.45) is 6.61. The van der Waals surface area contributed by atoms with E-state index in [9.17, 15) is 25.2 Å². The number of aliphatic hydroxyl groups excluding tert-OH is 1. The Morgan fingerprint density at radius 1 is 1.08 bits per heavy atom. The van der Waals surface area contributed by atoms with Gasteiger partial charge in [-0.05, 0) is 93.1 Å². The first kappa shape index (κ1) is 26.8. The van der Waals surface area contributed by atoms with E-state index < -0.39 is 40.5 Å². The number of fused-ring (bicyclic) bond motifs is 5. The molecule has 5 rings (SSSR count). The van der Waals surface area contributed by atoms with E-state index in [0.29, 0.717) is 32.1 Å². The molecule has 0 aromatic carbocycles. The number of hydrogen-bond acceptors (Lipinski definition) is 6. The fourth-order valence-electron chi connectivity index (χ4n) is 9.30. The van der Waals surface area contributed by atoms with Crippen LogP contribution in [0.15, 0.2) is 11.6 Å². The van der Waals surface area contributed by atoms with Crippen molar-refractivity contribution in [2.24, 2.45) is 34.5 Å². The summed E-state index contributed by atoms with van der Waals surface area (Å²) in [5, 5.41) is 46.2. The summed E-state index contributed by atoms with van der Waals surface area (Å²) in [6.45, 7) is 12.1. The Morgan fingerprint density at radius 2 is 1.78 bits per heavy atom. The lowest BCUT2D eigenvalue weighted by atomic mass is 9.45. The highest BCUT2D eigenvalue weighted by molar-refractivity contribution is 5.95. The van der Waals surface area contributed by atoms with Gasteiger partial charge >= 0.3 is 0 Å². The summed E-state index contributed by atoms with van der Waals surface area (Å²) in [6, 6.07) is 0. The smallest absolute Gasteiger partial charge is 0.159 e. The minimum atomic E-state index is -1.15. The van der Waals surface area contributed by atoms with Crippen LogP contribution in [0.5, 0.6) is 0 Å². The Labute approximate surface area is 216 Å². The summed E-state index contributed by atoms with van der Waals surface area (Å²) in [5.41, 5.74) is -3.28. The lowest BCUT2D eigenvalue weighted by Crippen LogP contribution is -2.62. The Balaban J connectivity index is 1.50. The van der Waals surface area contributed by atoms with Crippen LogP contribution in [0.1, 0.15) is 99.3 Å². The van der Waals surface area contributed by atoms with E-state index in [4.69, 9.17) is 4.74 Å². The van der Waals surface area contributed by atoms with E-state index in [1.165, 1.54) is 0 Å². The third-order valence-corrected chi connectivity index (χ3v) is 12.1. The summed E-state index contributed by atoms with van der Waals surface area (Å²) in [7, 11) is 0. The van der Waals surface area contributed by atoms with Gasteiger partial charge in [0.25, 0.3) is 0 Å². The number of aliphatic hydroxyl groups is 4. The molecule has 6 nitrogen and oxygen atoms in total. The van der Waals surface area contributed by atoms with E-state index in [0.717, 1.165) is 31.3 Å². The van der Waals surface area contributed by atoms with Crippen LogP contribution in [0, 0.1) is 34.5 Å². The van der Waals surface area contributed by atoms with E-state index >= 15 is 0 Å². The third kappa shape index (κ3) is 3.43. The van der Waals surface area contributed by atoms with Gasteiger partial charge in [0.15, 0.2) is 5.78 Å². The molecule has 36 heavy (non-hydrogen) atoms. The molecule has 1 aliphatic heterocycles. The van der Waals surface area contributed by atoms with Crippen LogP contribution < -0.4 is 0 Å². The van der Waals surface area contributed by atoms with Crippen molar-refractivity contribution in [3.63, 3.8) is 0 Å². The van der Waals surface area contributed by atoms with E-state index in [1.807, 2.05) is 13.8 Å². The van der Waals surface area contributed by atoms with Crippen LogP contribution in [0.2, 0.25) is 0 Å². The van der Waals surface area contributed by atoms with Crippen molar-refractivity contribution in [1.29, 1.82) is 0 Å². The second-order valence-corrected chi connectivity index (χ2v) is 14.0. The van der Waals surface area contributed by atoms with Gasteiger partial charge in [0, 0.05) is 11.3 Å². The first-order chi connectivity index (χ1) is 16.7. The topological polar surface area (TPSA) is 111 Å². The second-order valence-electron chi connectivity index (χ2n) is 14.0. The highest BCUT2D eigenvalue weighted by Crippen LogP contribution is 2.69.